The number of nitrogens with zero attached hydrogens (tertiary/aromatic N) is 1. The molecule has 1 atom stereocenters. The van der Waals surface area contributed by atoms with Crippen LogP contribution in [-0.4, -0.2) is 23.1 Å². The summed E-state index contributed by atoms with van der Waals surface area (Å²) in [6.45, 7) is 1.22. The van der Waals surface area contributed by atoms with Crippen LogP contribution < -0.4 is 5.32 Å². The van der Waals surface area contributed by atoms with Crippen molar-refractivity contribution in [2.45, 2.75) is 18.4 Å². The first kappa shape index (κ1) is 11.0. The fourth-order valence-electron chi connectivity index (χ4n) is 2.15. The highest BCUT2D eigenvalue weighted by Crippen LogP contribution is 2.34. The standard InChI is InChI=1S/C11H14N2O3/c14-11(6-3-7-12-8-11)9-4-1-2-5-10(9)13(15)16/h1-2,4-5,12,14H,3,6-8H2. The van der Waals surface area contributed by atoms with Gasteiger partial charge in [-0.25, -0.2) is 0 Å². The molecule has 1 aromatic rings. The molecule has 0 bridgehead atoms. The van der Waals surface area contributed by atoms with Crippen LogP contribution in [0.2, 0.25) is 0 Å². The van der Waals surface area contributed by atoms with Gasteiger partial charge >= 0.3 is 0 Å². The minimum Gasteiger partial charge on any atom is -0.384 e. The van der Waals surface area contributed by atoms with Crippen molar-refractivity contribution in [3.8, 4) is 0 Å². The van der Waals surface area contributed by atoms with E-state index in [1.807, 2.05) is 0 Å². The maximum atomic E-state index is 10.9. The van der Waals surface area contributed by atoms with E-state index in [9.17, 15) is 15.2 Å². The van der Waals surface area contributed by atoms with Crippen molar-refractivity contribution in [3.05, 3.63) is 39.9 Å². The molecule has 1 saturated heterocycles. The lowest BCUT2D eigenvalue weighted by molar-refractivity contribution is -0.386. The Kier molecular flexibility index (Phi) is 2.89. The van der Waals surface area contributed by atoms with Gasteiger partial charge in [0.2, 0.25) is 0 Å². The number of β-amino-alcohol motifs (C(OH)–C–C–N with tert-alkyl or cyclic N) is 1. The highest BCUT2D eigenvalue weighted by Gasteiger charge is 2.36. The molecule has 5 heteroatoms. The van der Waals surface area contributed by atoms with E-state index in [2.05, 4.69) is 5.32 Å². The minimum absolute atomic E-state index is 0.00583. The highest BCUT2D eigenvalue weighted by atomic mass is 16.6. The van der Waals surface area contributed by atoms with E-state index >= 15 is 0 Å². The number of nitrogens with one attached hydrogen (secondary N) is 1. The predicted molar refractivity (Wildman–Crippen MR) is 59.1 cm³/mol. The van der Waals surface area contributed by atoms with Crippen molar-refractivity contribution in [3.63, 3.8) is 0 Å². The van der Waals surface area contributed by atoms with E-state index in [0.717, 1.165) is 13.0 Å². The summed E-state index contributed by atoms with van der Waals surface area (Å²) >= 11 is 0. The van der Waals surface area contributed by atoms with Gasteiger partial charge in [0.25, 0.3) is 5.69 Å². The number of nitro benzene ring substituents is 1. The second kappa shape index (κ2) is 4.19. The Bertz CT molecular complexity index is 400. The minimum atomic E-state index is -1.11. The van der Waals surface area contributed by atoms with Crippen LogP contribution in [0, 0.1) is 10.1 Å². The summed E-state index contributed by atoms with van der Waals surface area (Å²) in [6.07, 6.45) is 1.38. The van der Waals surface area contributed by atoms with Crippen LogP contribution in [0.1, 0.15) is 18.4 Å². The lowest BCUT2D eigenvalue weighted by atomic mass is 9.86. The molecule has 1 aliphatic rings. The molecular formula is C11H14N2O3. The molecule has 0 amide bonds. The number of para-hydroxylation sites is 1. The summed E-state index contributed by atoms with van der Waals surface area (Å²) in [5, 5.41) is 24.4. The van der Waals surface area contributed by atoms with Crippen LogP contribution in [-0.2, 0) is 5.60 Å². The molecule has 1 aliphatic heterocycles. The van der Waals surface area contributed by atoms with E-state index in [1.54, 1.807) is 18.2 Å². The zero-order valence-electron chi connectivity index (χ0n) is 8.85. The van der Waals surface area contributed by atoms with E-state index in [0.29, 0.717) is 18.5 Å². The quantitative estimate of drug-likeness (QED) is 0.581. The molecule has 2 N–H and O–H groups in total. The molecule has 1 aromatic carbocycles. The Labute approximate surface area is 93.2 Å². The predicted octanol–water partition coefficient (Wildman–Crippen LogP) is 1.17. The summed E-state index contributed by atoms with van der Waals surface area (Å²) in [5.41, 5.74) is -0.706. The topological polar surface area (TPSA) is 75.4 Å². The molecule has 1 fully saturated rings. The second-order valence-corrected chi connectivity index (χ2v) is 4.09. The number of hydrogen-bond acceptors (Lipinski definition) is 4. The van der Waals surface area contributed by atoms with Gasteiger partial charge in [-0.2, -0.15) is 0 Å². The first-order valence-electron chi connectivity index (χ1n) is 5.30. The molecule has 16 heavy (non-hydrogen) atoms. The monoisotopic (exact) mass is 222 g/mol. The van der Waals surface area contributed by atoms with E-state index < -0.39 is 10.5 Å². The summed E-state index contributed by atoms with van der Waals surface area (Å²) in [7, 11) is 0. The number of benzene rings is 1. The summed E-state index contributed by atoms with van der Waals surface area (Å²) in [4.78, 5) is 10.4. The third-order valence-corrected chi connectivity index (χ3v) is 2.96. The van der Waals surface area contributed by atoms with Crippen molar-refractivity contribution < 1.29 is 10.0 Å². The van der Waals surface area contributed by atoms with Crippen molar-refractivity contribution in [2.75, 3.05) is 13.1 Å². The molecule has 0 aromatic heterocycles. The first-order chi connectivity index (χ1) is 7.63. The molecule has 1 unspecified atom stereocenters. The average Bonchev–Trinajstić information content (AvgIpc) is 2.30. The zero-order chi connectivity index (χ0) is 11.6. The van der Waals surface area contributed by atoms with Crippen LogP contribution in [0.4, 0.5) is 5.69 Å². The number of rotatable bonds is 2. The zero-order valence-corrected chi connectivity index (χ0v) is 8.85. The maximum absolute atomic E-state index is 10.9. The Hall–Kier alpha value is -1.46. The van der Waals surface area contributed by atoms with Crippen LogP contribution >= 0.6 is 0 Å². The highest BCUT2D eigenvalue weighted by molar-refractivity contribution is 5.44. The number of piperidine rings is 1. The third kappa shape index (κ3) is 1.91. The Morgan fingerprint density at radius 3 is 2.81 bits per heavy atom. The van der Waals surface area contributed by atoms with Gasteiger partial charge in [-0.05, 0) is 25.5 Å². The van der Waals surface area contributed by atoms with Crippen LogP contribution in [0.5, 0.6) is 0 Å². The Balaban J connectivity index is 2.42. The number of hydrogen-bond donors (Lipinski definition) is 2. The van der Waals surface area contributed by atoms with E-state index in [-0.39, 0.29) is 5.69 Å². The molecule has 0 saturated carbocycles. The van der Waals surface area contributed by atoms with Gasteiger partial charge in [0.05, 0.1) is 10.5 Å². The van der Waals surface area contributed by atoms with Crippen molar-refractivity contribution in [1.82, 2.24) is 5.32 Å². The smallest absolute Gasteiger partial charge is 0.275 e. The molecular weight excluding hydrogens is 208 g/mol. The van der Waals surface area contributed by atoms with Crippen molar-refractivity contribution >= 4 is 5.69 Å². The SMILES string of the molecule is O=[N+]([O-])c1ccccc1C1(O)CCCNC1. The Morgan fingerprint density at radius 1 is 1.44 bits per heavy atom. The van der Waals surface area contributed by atoms with E-state index in [4.69, 9.17) is 0 Å². The lowest BCUT2D eigenvalue weighted by Gasteiger charge is -2.32. The largest absolute Gasteiger partial charge is 0.384 e. The van der Waals surface area contributed by atoms with Gasteiger partial charge in [-0.15, -0.1) is 0 Å². The Morgan fingerprint density at radius 2 is 2.19 bits per heavy atom. The summed E-state index contributed by atoms with van der Waals surface area (Å²) in [5.74, 6) is 0. The third-order valence-electron chi connectivity index (χ3n) is 2.96. The molecule has 0 aliphatic carbocycles. The average molecular weight is 222 g/mol. The van der Waals surface area contributed by atoms with Gasteiger partial charge < -0.3 is 10.4 Å². The van der Waals surface area contributed by atoms with Gasteiger partial charge in [-0.1, -0.05) is 12.1 Å². The fourth-order valence-corrected chi connectivity index (χ4v) is 2.15. The summed E-state index contributed by atoms with van der Waals surface area (Å²) in [6, 6.07) is 6.39. The van der Waals surface area contributed by atoms with Crippen molar-refractivity contribution in [2.24, 2.45) is 0 Å². The molecule has 2 rings (SSSR count). The molecule has 0 radical (unpaired) electrons. The second-order valence-electron chi connectivity index (χ2n) is 4.09. The lowest BCUT2D eigenvalue weighted by Crippen LogP contribution is -2.43. The van der Waals surface area contributed by atoms with Gasteiger partial charge in [0, 0.05) is 12.6 Å². The van der Waals surface area contributed by atoms with Crippen LogP contribution in [0.15, 0.2) is 24.3 Å². The summed E-state index contributed by atoms with van der Waals surface area (Å²) < 4.78 is 0. The van der Waals surface area contributed by atoms with Gasteiger partial charge in [0.1, 0.15) is 5.60 Å². The molecule has 86 valence electrons. The number of aliphatic hydroxyl groups is 1. The normalized spacial score (nSPS) is 25.3. The van der Waals surface area contributed by atoms with Crippen LogP contribution in [0.25, 0.3) is 0 Å². The van der Waals surface area contributed by atoms with Crippen LogP contribution in [0.3, 0.4) is 0 Å². The van der Waals surface area contributed by atoms with Crippen molar-refractivity contribution in [1.29, 1.82) is 0 Å². The van der Waals surface area contributed by atoms with E-state index in [1.165, 1.54) is 6.07 Å². The molecule has 5 nitrogen and oxygen atoms in total. The molecule has 1 heterocycles. The van der Waals surface area contributed by atoms with Gasteiger partial charge in [-0.3, -0.25) is 10.1 Å². The fraction of sp³-hybridized carbons (Fsp3) is 0.455. The number of nitro groups is 1. The van der Waals surface area contributed by atoms with Gasteiger partial charge in [0.15, 0.2) is 0 Å². The first-order valence-corrected chi connectivity index (χ1v) is 5.30. The molecule has 0 spiro atoms. The maximum Gasteiger partial charge on any atom is 0.275 e.